The molecule has 0 aliphatic carbocycles. The van der Waals surface area contributed by atoms with Crippen molar-refractivity contribution < 1.29 is 106 Å². The van der Waals surface area contributed by atoms with Crippen molar-refractivity contribution in [1.29, 1.82) is 0 Å². The van der Waals surface area contributed by atoms with Gasteiger partial charge in [0.15, 0.2) is 11.5 Å². The van der Waals surface area contributed by atoms with Crippen LogP contribution in [0.5, 0.6) is 34.5 Å². The van der Waals surface area contributed by atoms with E-state index in [2.05, 4.69) is 284 Å². The number of ether oxygens (including phenoxy) is 13. The number of cyclic esters (lactones) is 2. The minimum atomic E-state index is -10.7. The Morgan fingerprint density at radius 2 is 0.626 bits per heavy atom. The summed E-state index contributed by atoms with van der Waals surface area (Å²) >= 11 is 2.63. The topological polar surface area (TPSA) is 188 Å². The Hall–Kier alpha value is -12.2. The van der Waals surface area contributed by atoms with E-state index in [1.165, 1.54) is 79.2 Å². The van der Waals surface area contributed by atoms with E-state index in [9.17, 15) is 39.6 Å². The molecule has 1 unspecified atom stereocenters. The molecule has 17 nitrogen and oxygen atoms in total. The number of esters is 3. The number of thioether (sulfide) groups is 2. The molecule has 13 aromatic rings. The number of carbonyl (C=O) groups excluding carboxylic acids is 3. The summed E-state index contributed by atoms with van der Waals surface area (Å²) in [5, 5.41) is 4.14. The molecule has 0 amide bonds. The molecule has 139 heavy (non-hydrogen) atoms. The maximum absolute atomic E-state index is 12.6. The van der Waals surface area contributed by atoms with Gasteiger partial charge in [-0.1, -0.05) is 248 Å². The van der Waals surface area contributed by atoms with E-state index in [1.54, 1.807) is 12.1 Å². The van der Waals surface area contributed by atoms with Gasteiger partial charge >= 0.3 is 50.9 Å². The van der Waals surface area contributed by atoms with Crippen LogP contribution >= 0.6 is 31.3 Å². The Labute approximate surface area is 819 Å². The Bertz CT molecular complexity index is 5320. The zero-order valence-corrected chi connectivity index (χ0v) is 80.8. The second kappa shape index (κ2) is 55.0. The molecule has 0 fully saturated rings. The third-order valence-corrected chi connectivity index (χ3v) is 25.2. The van der Waals surface area contributed by atoms with Crippen molar-refractivity contribution in [2.45, 2.75) is 87.5 Å². The predicted octanol–water partition coefficient (Wildman–Crippen LogP) is 24.9. The van der Waals surface area contributed by atoms with Crippen molar-refractivity contribution in [1.82, 2.24) is 0 Å². The summed E-state index contributed by atoms with van der Waals surface area (Å²) in [5.74, 6) is 4.21. The van der Waals surface area contributed by atoms with Gasteiger partial charge in [0.05, 0.1) is 107 Å². The minimum Gasteiger partial charge on any atom is -0.494 e. The number of rotatable bonds is 33. The fraction of sp³-hybridized carbons (Fsp3) is 0.301. The van der Waals surface area contributed by atoms with Gasteiger partial charge < -0.3 is 66.9 Å². The fourth-order valence-electron chi connectivity index (χ4n) is 16.0. The molecule has 0 aromatic heterocycles. The van der Waals surface area contributed by atoms with Crippen molar-refractivity contribution in [2.75, 3.05) is 130 Å². The van der Waals surface area contributed by atoms with E-state index < -0.39 is 30.6 Å². The van der Waals surface area contributed by atoms with Crippen molar-refractivity contribution in [3.8, 4) is 34.5 Å². The maximum atomic E-state index is 12.6. The molecule has 734 valence electrons. The van der Waals surface area contributed by atoms with Crippen LogP contribution in [-0.4, -0.2) is 153 Å². The van der Waals surface area contributed by atoms with E-state index >= 15 is 0 Å². The Morgan fingerprint density at radius 3 is 0.950 bits per heavy atom. The third-order valence-electron chi connectivity index (χ3n) is 22.7. The van der Waals surface area contributed by atoms with E-state index in [-0.39, 0.29) is 55.8 Å². The number of benzene rings is 13. The van der Waals surface area contributed by atoms with Crippen LogP contribution in [0.3, 0.4) is 0 Å². The number of hydrogen-bond acceptors (Lipinski definition) is 18. The van der Waals surface area contributed by atoms with Gasteiger partial charge in [-0.3, -0.25) is 9.59 Å². The summed E-state index contributed by atoms with van der Waals surface area (Å²) in [7, 11) is -10.7. The molecule has 2 N–H and O–H groups in total. The molecule has 13 aromatic carbocycles. The van der Waals surface area contributed by atoms with Crippen molar-refractivity contribution in [3.63, 3.8) is 0 Å². The molecule has 0 spiro atoms. The number of halogens is 6. The first-order chi connectivity index (χ1) is 67.6. The van der Waals surface area contributed by atoms with Gasteiger partial charge in [0.25, 0.3) is 0 Å². The average Bonchev–Trinajstić information content (AvgIpc) is 0.737. The summed E-state index contributed by atoms with van der Waals surface area (Å²) in [5.41, 5.74) is 13.0. The molecule has 0 bridgehead atoms. The number of nitrogens with two attached hydrogens (primary N) is 1. The SMILES string of the molecule is Cc1ccc(C(=O)OCC2CSCC(=O)OCCOCCOCCOc3cc4ccccc4cc3OCCOCCOCCOC(=O)CS2)cc1.F[P-](F)(F)(F)(F)F.c1ccc(C(c2ccccc2)(c2ccccc2)c2ccc(OCCCCCCOc3ccc(C[NH2+]Cc4ccc(OCCCCCCOc5ccc(C(c6ccccc6)(c6ccccc6)c6ccccc6)cc5)cc4)cc3)cc2)cc1. The molecule has 1 aliphatic rings. The minimum absolute atomic E-state index is 0.0475. The zero-order valence-electron chi connectivity index (χ0n) is 78.3. The van der Waals surface area contributed by atoms with Gasteiger partial charge in [-0.15, -0.1) is 23.5 Å². The molecule has 0 radical (unpaired) electrons. The molecular formula is C113H122F6NO16PS2. The number of carbonyl (C=O) groups is 3. The van der Waals surface area contributed by atoms with Gasteiger partial charge in [-0.25, -0.2) is 4.79 Å². The number of quaternary nitrogens is 1. The summed E-state index contributed by atoms with van der Waals surface area (Å²) < 4.78 is 134. The third kappa shape index (κ3) is 36.2. The second-order valence-electron chi connectivity index (χ2n) is 33.1. The van der Waals surface area contributed by atoms with Crippen molar-refractivity contribution in [2.24, 2.45) is 0 Å². The van der Waals surface area contributed by atoms with Crippen LogP contribution in [0, 0.1) is 6.92 Å². The molecule has 1 atom stereocenters. The van der Waals surface area contributed by atoms with E-state index in [0.29, 0.717) is 88.9 Å². The molecule has 0 saturated heterocycles. The standard InChI is InChI=1S/C76H75NO4.C37H46O12S2.F6P/c1(3-25-57-80-73-51-43-69(44-52-73)75(63-27-11-5-12-28-63,64-29-13-6-14-30-64)65-31-15-7-16-32-65)23-55-78-71-47-39-61(40-48-71)59-77-60-62-41-49-72(50-42-62)79-56-24-2-4-26-58-81-74-53-45-70(46-54-74)76(66-33-17-8-18-34-66,67-35-19-9-20-36-67)68-37-21-10-22-38-68;1-28-6-8-29(9-7-28)37(40)49-24-32-25-50-26-35(38)47-20-16-43-12-10-41-14-18-45-33-22-30-4-2-3-5-31(30)23-34(33)46-19-15-42-11-13-44-17-21-48-36(39)27-51-32;1-7(2,3,4,5)6/h5-22,27-54,77H,1-4,23-26,55-60H2;2-9,22-23,32H,10-21,24-27H2,1H3;/q;;-1/p+1. The van der Waals surface area contributed by atoms with Crippen LogP contribution in [-0.2, 0) is 66.7 Å². The van der Waals surface area contributed by atoms with Gasteiger partial charge in [0, 0.05) is 22.1 Å². The molecule has 14 rings (SSSR count). The first-order valence-corrected chi connectivity index (χ1v) is 51.3. The average molecular weight is 1960 g/mol. The van der Waals surface area contributed by atoms with Crippen molar-refractivity contribution in [3.05, 3.63) is 406 Å². The number of fused-ring (bicyclic) bond motifs is 2. The Kier molecular flexibility index (Phi) is 41.8. The molecule has 0 saturated carbocycles. The molecule has 1 heterocycles. The van der Waals surface area contributed by atoms with Crippen LogP contribution in [0.2, 0.25) is 0 Å². The first kappa shape index (κ1) is 106. The van der Waals surface area contributed by atoms with Gasteiger partial charge in [0.2, 0.25) is 0 Å². The van der Waals surface area contributed by atoms with Crippen LogP contribution in [0.15, 0.2) is 340 Å². The number of hydrogen-bond donors (Lipinski definition) is 1. The Balaban J connectivity index is 0.000000255. The Morgan fingerprint density at radius 1 is 0.345 bits per heavy atom. The zero-order chi connectivity index (χ0) is 97.4. The second-order valence-corrected chi connectivity index (χ2v) is 37.3. The van der Waals surface area contributed by atoms with E-state index in [0.717, 1.165) is 117 Å². The fourth-order valence-corrected chi connectivity index (χ4v) is 18.0. The van der Waals surface area contributed by atoms with Crippen LogP contribution < -0.4 is 33.7 Å². The molecular weight excluding hydrogens is 1840 g/mol. The van der Waals surface area contributed by atoms with Gasteiger partial charge in [-0.2, -0.15) is 0 Å². The first-order valence-electron chi connectivity index (χ1n) is 47.1. The molecule has 26 heteroatoms. The monoisotopic (exact) mass is 1960 g/mol. The number of unbranched alkanes of at least 4 members (excludes halogenated alkanes) is 6. The number of aryl methyl sites for hydroxylation is 1. The van der Waals surface area contributed by atoms with E-state index in [1.807, 2.05) is 55.5 Å². The normalized spacial score (nSPS) is 14.9. The quantitative estimate of drug-likeness (QED) is 0.0102. The van der Waals surface area contributed by atoms with Crippen LogP contribution in [0.1, 0.15) is 123 Å². The van der Waals surface area contributed by atoms with Gasteiger partial charge in [-0.05, 0) is 211 Å². The smallest absolute Gasteiger partial charge is 0.119 e. The molecule has 1 aliphatic heterocycles. The predicted molar refractivity (Wildman–Crippen MR) is 539 cm³/mol. The summed E-state index contributed by atoms with van der Waals surface area (Å²) in [6, 6.07) is 118. The maximum Gasteiger partial charge on any atom is 0.119 e. The summed E-state index contributed by atoms with van der Waals surface area (Å²) in [6.45, 7) is 10.0. The largest absolute Gasteiger partial charge is 0.494 e. The van der Waals surface area contributed by atoms with Crippen LogP contribution in [0.25, 0.3) is 10.8 Å². The summed E-state index contributed by atoms with van der Waals surface area (Å²) in [4.78, 5) is 37.3. The van der Waals surface area contributed by atoms with E-state index in [4.69, 9.17) is 61.6 Å². The summed E-state index contributed by atoms with van der Waals surface area (Å²) in [6.07, 6.45) is 8.47. The van der Waals surface area contributed by atoms with Crippen molar-refractivity contribution >= 4 is 60.0 Å². The van der Waals surface area contributed by atoms with Gasteiger partial charge in [0.1, 0.15) is 69.1 Å². The van der Waals surface area contributed by atoms with Crippen LogP contribution in [0.4, 0.5) is 25.2 Å².